The maximum atomic E-state index is 5.78. The molecule has 0 saturated carbocycles. The fourth-order valence-electron chi connectivity index (χ4n) is 1.72. The first-order chi connectivity index (χ1) is 7.34. The molecule has 1 aromatic rings. The lowest BCUT2D eigenvalue weighted by atomic mass is 10.0. The van der Waals surface area contributed by atoms with Gasteiger partial charge in [0, 0.05) is 16.8 Å². The number of halogens is 2. The molecule has 1 fully saturated rings. The van der Waals surface area contributed by atoms with E-state index in [0.29, 0.717) is 4.47 Å². The second-order valence-corrected chi connectivity index (χ2v) is 6.52. The largest absolute Gasteiger partial charge is 0.317 e. The molecule has 1 saturated heterocycles. The highest BCUT2D eigenvalue weighted by Gasteiger charge is 2.12. The average molecular weight is 299 g/mol. The van der Waals surface area contributed by atoms with Crippen LogP contribution in [0.4, 0.5) is 0 Å². The van der Waals surface area contributed by atoms with Gasteiger partial charge in [0.2, 0.25) is 0 Å². The Morgan fingerprint density at radius 2 is 2.25 bits per heavy atom. The number of aromatic nitrogens is 1. The Labute approximate surface area is 116 Å². The SMILES string of the molecule is Cl.Clc1ncc(CSCC2CCNCC2)s1. The van der Waals surface area contributed by atoms with Gasteiger partial charge in [-0.1, -0.05) is 11.6 Å². The Balaban J connectivity index is 0.00000128. The van der Waals surface area contributed by atoms with Gasteiger partial charge in [0.05, 0.1) is 0 Å². The van der Waals surface area contributed by atoms with Crippen molar-refractivity contribution in [3.05, 3.63) is 15.5 Å². The summed E-state index contributed by atoms with van der Waals surface area (Å²) in [5, 5.41) is 3.39. The first-order valence-corrected chi connectivity index (χ1v) is 7.58. The average Bonchev–Trinajstić information content (AvgIpc) is 2.66. The van der Waals surface area contributed by atoms with E-state index in [1.54, 1.807) is 11.3 Å². The van der Waals surface area contributed by atoms with Gasteiger partial charge in [0.15, 0.2) is 4.47 Å². The van der Waals surface area contributed by atoms with Crippen LogP contribution >= 0.6 is 47.1 Å². The van der Waals surface area contributed by atoms with Crippen LogP contribution in [0.3, 0.4) is 0 Å². The third-order valence-electron chi connectivity index (χ3n) is 2.58. The summed E-state index contributed by atoms with van der Waals surface area (Å²) in [7, 11) is 0. The number of hydrogen-bond donors (Lipinski definition) is 1. The molecule has 16 heavy (non-hydrogen) atoms. The third kappa shape index (κ3) is 4.80. The zero-order valence-electron chi connectivity index (χ0n) is 8.95. The van der Waals surface area contributed by atoms with E-state index in [4.69, 9.17) is 11.6 Å². The summed E-state index contributed by atoms with van der Waals surface area (Å²) in [4.78, 5) is 5.33. The van der Waals surface area contributed by atoms with Crippen molar-refractivity contribution < 1.29 is 0 Å². The summed E-state index contributed by atoms with van der Waals surface area (Å²) in [6, 6.07) is 0. The maximum absolute atomic E-state index is 5.78. The van der Waals surface area contributed by atoms with Gasteiger partial charge in [-0.25, -0.2) is 4.98 Å². The van der Waals surface area contributed by atoms with Gasteiger partial charge in [-0.3, -0.25) is 0 Å². The molecule has 1 aliphatic heterocycles. The molecule has 92 valence electrons. The van der Waals surface area contributed by atoms with Gasteiger partial charge in [0.25, 0.3) is 0 Å². The van der Waals surface area contributed by atoms with Gasteiger partial charge in [-0.2, -0.15) is 11.8 Å². The van der Waals surface area contributed by atoms with E-state index in [0.717, 1.165) is 11.7 Å². The van der Waals surface area contributed by atoms with E-state index >= 15 is 0 Å². The zero-order valence-corrected chi connectivity index (χ0v) is 12.2. The molecular weight excluding hydrogens is 283 g/mol. The maximum Gasteiger partial charge on any atom is 0.183 e. The highest BCUT2D eigenvalue weighted by molar-refractivity contribution is 7.98. The third-order valence-corrected chi connectivity index (χ3v) is 5.10. The Kier molecular flexibility index (Phi) is 7.08. The summed E-state index contributed by atoms with van der Waals surface area (Å²) >= 11 is 9.38. The molecule has 0 atom stereocenters. The van der Waals surface area contributed by atoms with Gasteiger partial charge >= 0.3 is 0 Å². The lowest BCUT2D eigenvalue weighted by molar-refractivity contribution is 0.408. The van der Waals surface area contributed by atoms with E-state index < -0.39 is 0 Å². The predicted molar refractivity (Wildman–Crippen MR) is 76.1 cm³/mol. The van der Waals surface area contributed by atoms with Crippen LogP contribution in [0.1, 0.15) is 17.7 Å². The molecule has 2 rings (SSSR count). The number of piperidine rings is 1. The van der Waals surface area contributed by atoms with Crippen molar-refractivity contribution in [2.45, 2.75) is 18.6 Å². The van der Waals surface area contributed by atoms with Crippen molar-refractivity contribution in [1.29, 1.82) is 0 Å². The Morgan fingerprint density at radius 1 is 1.50 bits per heavy atom. The van der Waals surface area contributed by atoms with E-state index in [2.05, 4.69) is 10.3 Å². The van der Waals surface area contributed by atoms with Crippen LogP contribution in [-0.2, 0) is 5.75 Å². The fraction of sp³-hybridized carbons (Fsp3) is 0.700. The van der Waals surface area contributed by atoms with Gasteiger partial charge in [0.1, 0.15) is 0 Å². The number of rotatable bonds is 4. The lowest BCUT2D eigenvalue weighted by Crippen LogP contribution is -2.28. The molecule has 0 aliphatic carbocycles. The molecule has 0 bridgehead atoms. The highest BCUT2D eigenvalue weighted by Crippen LogP contribution is 2.25. The lowest BCUT2D eigenvalue weighted by Gasteiger charge is -2.21. The number of thioether (sulfide) groups is 1. The number of hydrogen-bond acceptors (Lipinski definition) is 4. The van der Waals surface area contributed by atoms with E-state index in [1.807, 2.05) is 18.0 Å². The summed E-state index contributed by atoms with van der Waals surface area (Å²) in [5.74, 6) is 3.24. The molecule has 1 N–H and O–H groups in total. The van der Waals surface area contributed by atoms with Crippen molar-refractivity contribution >= 4 is 47.1 Å². The van der Waals surface area contributed by atoms with Crippen molar-refractivity contribution in [2.75, 3.05) is 18.8 Å². The minimum Gasteiger partial charge on any atom is -0.317 e. The standard InChI is InChI=1S/C10H15ClN2S2.ClH/c11-10-13-5-9(15-10)7-14-6-8-1-3-12-4-2-8;/h5,8,12H,1-4,6-7H2;1H. The van der Waals surface area contributed by atoms with Gasteiger partial charge < -0.3 is 5.32 Å². The molecule has 6 heteroatoms. The number of nitrogens with zero attached hydrogens (tertiary/aromatic N) is 1. The smallest absolute Gasteiger partial charge is 0.183 e. The second kappa shape index (κ2) is 7.77. The van der Waals surface area contributed by atoms with Gasteiger partial charge in [-0.05, 0) is 37.6 Å². The van der Waals surface area contributed by atoms with Crippen LogP contribution in [-0.4, -0.2) is 23.8 Å². The zero-order chi connectivity index (χ0) is 10.5. The minimum atomic E-state index is 0. The fourth-order valence-corrected chi connectivity index (χ4v) is 4.04. The van der Waals surface area contributed by atoms with E-state index in [-0.39, 0.29) is 12.4 Å². The Morgan fingerprint density at radius 3 is 2.88 bits per heavy atom. The predicted octanol–water partition coefficient (Wildman–Crippen LogP) is 3.45. The van der Waals surface area contributed by atoms with Crippen molar-refractivity contribution in [1.82, 2.24) is 10.3 Å². The van der Waals surface area contributed by atoms with Crippen LogP contribution < -0.4 is 5.32 Å². The monoisotopic (exact) mass is 298 g/mol. The Hall–Kier alpha value is 0.520. The molecule has 1 aromatic heterocycles. The summed E-state index contributed by atoms with van der Waals surface area (Å²) < 4.78 is 0.660. The van der Waals surface area contributed by atoms with Crippen molar-refractivity contribution in [3.8, 4) is 0 Å². The molecular formula is C10H16Cl2N2S2. The van der Waals surface area contributed by atoms with Crippen LogP contribution in [0, 0.1) is 5.92 Å². The highest BCUT2D eigenvalue weighted by atomic mass is 35.5. The summed E-state index contributed by atoms with van der Waals surface area (Å²) in [6.07, 6.45) is 4.55. The van der Waals surface area contributed by atoms with Gasteiger partial charge in [-0.15, -0.1) is 23.7 Å². The summed E-state index contributed by atoms with van der Waals surface area (Å²) in [5.41, 5.74) is 0. The van der Waals surface area contributed by atoms with E-state index in [1.165, 1.54) is 36.6 Å². The topological polar surface area (TPSA) is 24.9 Å². The van der Waals surface area contributed by atoms with Crippen molar-refractivity contribution in [3.63, 3.8) is 0 Å². The number of nitrogens with one attached hydrogen (secondary N) is 1. The molecule has 0 amide bonds. The molecule has 1 aliphatic rings. The normalized spacial score (nSPS) is 17.1. The van der Waals surface area contributed by atoms with E-state index in [9.17, 15) is 0 Å². The minimum absolute atomic E-state index is 0. The van der Waals surface area contributed by atoms with Crippen LogP contribution in [0.5, 0.6) is 0 Å². The molecule has 2 nitrogen and oxygen atoms in total. The Bertz CT molecular complexity index is 301. The molecule has 0 spiro atoms. The molecule has 0 radical (unpaired) electrons. The quantitative estimate of drug-likeness (QED) is 0.922. The summed E-state index contributed by atoms with van der Waals surface area (Å²) in [6.45, 7) is 2.38. The number of thiazole rings is 1. The van der Waals surface area contributed by atoms with Crippen LogP contribution in [0.2, 0.25) is 4.47 Å². The van der Waals surface area contributed by atoms with Crippen LogP contribution in [0.25, 0.3) is 0 Å². The molecule has 2 heterocycles. The van der Waals surface area contributed by atoms with Crippen LogP contribution in [0.15, 0.2) is 6.20 Å². The first kappa shape index (κ1) is 14.6. The molecule has 0 unspecified atom stereocenters. The second-order valence-electron chi connectivity index (χ2n) is 3.79. The van der Waals surface area contributed by atoms with Crippen molar-refractivity contribution in [2.24, 2.45) is 5.92 Å². The first-order valence-electron chi connectivity index (χ1n) is 5.23. The molecule has 0 aromatic carbocycles.